The molecule has 2 fully saturated rings. The summed E-state index contributed by atoms with van der Waals surface area (Å²) < 4.78 is 11.5. The molecule has 0 bridgehead atoms. The maximum absolute atomic E-state index is 11.8. The van der Waals surface area contributed by atoms with Gasteiger partial charge in [-0.15, -0.1) is 0 Å². The SMILES string of the molecule is C=CC(=O)NC(=O)N(C)C1CCC(COC(=C)C2CCC2)O1. The first-order chi connectivity index (χ1) is 10.5. The normalized spacial score (nSPS) is 24.2. The van der Waals surface area contributed by atoms with Crippen LogP contribution in [0, 0.1) is 5.92 Å². The van der Waals surface area contributed by atoms with Crippen molar-refractivity contribution in [3.05, 3.63) is 25.0 Å². The Labute approximate surface area is 131 Å². The van der Waals surface area contributed by atoms with Gasteiger partial charge >= 0.3 is 6.03 Å². The summed E-state index contributed by atoms with van der Waals surface area (Å²) in [5.74, 6) is 0.822. The Hall–Kier alpha value is -1.82. The zero-order valence-electron chi connectivity index (χ0n) is 13.0. The van der Waals surface area contributed by atoms with Crippen molar-refractivity contribution < 1.29 is 19.1 Å². The molecule has 122 valence electrons. The van der Waals surface area contributed by atoms with E-state index in [1.165, 1.54) is 11.3 Å². The van der Waals surface area contributed by atoms with Gasteiger partial charge < -0.3 is 14.4 Å². The average molecular weight is 308 g/mol. The fourth-order valence-electron chi connectivity index (χ4n) is 2.52. The summed E-state index contributed by atoms with van der Waals surface area (Å²) in [5.41, 5.74) is 0. The number of allylic oxidation sites excluding steroid dienone is 1. The number of imide groups is 1. The minimum absolute atomic E-state index is 0.0489. The molecule has 2 unspecified atom stereocenters. The van der Waals surface area contributed by atoms with Crippen LogP contribution in [0.2, 0.25) is 0 Å². The molecular weight excluding hydrogens is 284 g/mol. The number of carbonyl (C=O) groups excluding carboxylic acids is 2. The van der Waals surface area contributed by atoms with Gasteiger partial charge in [0.25, 0.3) is 5.91 Å². The third-order valence-electron chi connectivity index (χ3n) is 4.27. The molecule has 1 saturated heterocycles. The molecule has 3 amide bonds. The zero-order valence-corrected chi connectivity index (χ0v) is 13.0. The molecule has 0 aromatic rings. The first-order valence-corrected chi connectivity index (χ1v) is 7.68. The number of nitrogens with one attached hydrogen (secondary N) is 1. The van der Waals surface area contributed by atoms with Crippen molar-refractivity contribution in [1.29, 1.82) is 0 Å². The summed E-state index contributed by atoms with van der Waals surface area (Å²) in [6, 6.07) is -0.490. The highest BCUT2D eigenvalue weighted by Gasteiger charge is 2.32. The second kappa shape index (κ2) is 7.45. The zero-order chi connectivity index (χ0) is 16.1. The number of rotatable bonds is 6. The molecule has 1 N–H and O–H groups in total. The third kappa shape index (κ3) is 4.10. The van der Waals surface area contributed by atoms with Crippen LogP contribution in [0.25, 0.3) is 0 Å². The lowest BCUT2D eigenvalue weighted by Crippen LogP contribution is -2.45. The van der Waals surface area contributed by atoms with E-state index in [-0.39, 0.29) is 12.3 Å². The molecule has 1 aliphatic heterocycles. The van der Waals surface area contributed by atoms with Crippen molar-refractivity contribution in [2.24, 2.45) is 5.92 Å². The van der Waals surface area contributed by atoms with Crippen LogP contribution in [0.15, 0.2) is 25.0 Å². The molecular formula is C16H24N2O4. The van der Waals surface area contributed by atoms with Gasteiger partial charge in [0.2, 0.25) is 0 Å². The Morgan fingerprint density at radius 3 is 2.68 bits per heavy atom. The van der Waals surface area contributed by atoms with Gasteiger partial charge in [0.15, 0.2) is 0 Å². The maximum Gasteiger partial charge on any atom is 0.326 e. The Morgan fingerprint density at radius 1 is 1.36 bits per heavy atom. The van der Waals surface area contributed by atoms with E-state index < -0.39 is 11.9 Å². The van der Waals surface area contributed by atoms with Crippen molar-refractivity contribution in [2.45, 2.75) is 44.4 Å². The highest BCUT2D eigenvalue weighted by atomic mass is 16.6. The van der Waals surface area contributed by atoms with Crippen LogP contribution < -0.4 is 5.32 Å². The molecule has 0 spiro atoms. The molecule has 6 nitrogen and oxygen atoms in total. The predicted octanol–water partition coefficient (Wildman–Crippen LogP) is 2.18. The molecule has 2 rings (SSSR count). The lowest BCUT2D eigenvalue weighted by Gasteiger charge is -2.28. The van der Waals surface area contributed by atoms with E-state index in [2.05, 4.69) is 18.5 Å². The number of amides is 3. The van der Waals surface area contributed by atoms with Crippen molar-refractivity contribution in [3.8, 4) is 0 Å². The Balaban J connectivity index is 1.71. The van der Waals surface area contributed by atoms with Gasteiger partial charge in [0, 0.05) is 13.0 Å². The van der Waals surface area contributed by atoms with Crippen molar-refractivity contribution in [2.75, 3.05) is 13.7 Å². The Bertz CT molecular complexity index is 459. The summed E-state index contributed by atoms with van der Waals surface area (Å²) >= 11 is 0. The summed E-state index contributed by atoms with van der Waals surface area (Å²) in [6.07, 6.45) is 5.77. The van der Waals surface area contributed by atoms with Crippen LogP contribution in [-0.4, -0.2) is 42.8 Å². The quantitative estimate of drug-likeness (QED) is 0.603. The maximum atomic E-state index is 11.8. The minimum Gasteiger partial charge on any atom is -0.496 e. The molecule has 0 radical (unpaired) electrons. The number of hydrogen-bond donors (Lipinski definition) is 1. The van der Waals surface area contributed by atoms with E-state index >= 15 is 0 Å². The number of carbonyl (C=O) groups is 2. The first-order valence-electron chi connectivity index (χ1n) is 7.68. The van der Waals surface area contributed by atoms with Gasteiger partial charge in [-0.2, -0.15) is 0 Å². The monoisotopic (exact) mass is 308 g/mol. The summed E-state index contributed by atoms with van der Waals surface area (Å²) in [6.45, 7) is 7.74. The van der Waals surface area contributed by atoms with Gasteiger partial charge in [-0.25, -0.2) is 4.79 Å². The molecule has 1 heterocycles. The number of nitrogens with zero attached hydrogens (tertiary/aromatic N) is 1. The van der Waals surface area contributed by atoms with Crippen LogP contribution in [0.1, 0.15) is 32.1 Å². The van der Waals surface area contributed by atoms with E-state index in [4.69, 9.17) is 9.47 Å². The highest BCUT2D eigenvalue weighted by molar-refractivity contribution is 5.99. The molecule has 0 aromatic heterocycles. The average Bonchev–Trinajstić information content (AvgIpc) is 2.91. The van der Waals surface area contributed by atoms with Gasteiger partial charge in [-0.05, 0) is 31.8 Å². The lowest BCUT2D eigenvalue weighted by molar-refractivity contribution is -0.116. The van der Waals surface area contributed by atoms with E-state index in [0.717, 1.165) is 37.5 Å². The van der Waals surface area contributed by atoms with E-state index in [1.54, 1.807) is 7.05 Å². The standard InChI is InChI=1S/C16H24N2O4/c1-4-14(19)17-16(20)18(3)15-9-8-13(22-15)10-21-11(2)12-6-5-7-12/h4,12-13,15H,1-2,5-10H2,3H3,(H,17,19,20). The van der Waals surface area contributed by atoms with Gasteiger partial charge in [-0.1, -0.05) is 19.6 Å². The second-order valence-corrected chi connectivity index (χ2v) is 5.80. The molecule has 6 heteroatoms. The predicted molar refractivity (Wildman–Crippen MR) is 81.8 cm³/mol. The minimum atomic E-state index is -0.522. The smallest absolute Gasteiger partial charge is 0.326 e. The largest absolute Gasteiger partial charge is 0.496 e. The van der Waals surface area contributed by atoms with Crippen molar-refractivity contribution >= 4 is 11.9 Å². The van der Waals surface area contributed by atoms with E-state index in [0.29, 0.717) is 12.5 Å². The second-order valence-electron chi connectivity index (χ2n) is 5.80. The van der Waals surface area contributed by atoms with Crippen molar-refractivity contribution in [1.82, 2.24) is 10.2 Å². The molecule has 1 saturated carbocycles. The summed E-state index contributed by atoms with van der Waals surface area (Å²) in [4.78, 5) is 24.4. The van der Waals surface area contributed by atoms with Crippen LogP contribution in [0.3, 0.4) is 0 Å². The Morgan fingerprint density at radius 2 is 2.09 bits per heavy atom. The number of urea groups is 1. The fraction of sp³-hybridized carbons (Fsp3) is 0.625. The van der Waals surface area contributed by atoms with Gasteiger partial charge in [-0.3, -0.25) is 10.1 Å². The summed E-state index contributed by atoms with van der Waals surface area (Å²) in [5, 5.41) is 2.21. The first kappa shape index (κ1) is 16.5. The Kier molecular flexibility index (Phi) is 5.60. The fourth-order valence-corrected chi connectivity index (χ4v) is 2.52. The van der Waals surface area contributed by atoms with E-state index in [1.807, 2.05) is 0 Å². The van der Waals surface area contributed by atoms with Crippen LogP contribution in [-0.2, 0) is 14.3 Å². The van der Waals surface area contributed by atoms with Gasteiger partial charge in [0.1, 0.15) is 12.8 Å². The lowest BCUT2D eigenvalue weighted by atomic mass is 9.84. The van der Waals surface area contributed by atoms with Gasteiger partial charge in [0.05, 0.1) is 11.9 Å². The van der Waals surface area contributed by atoms with E-state index in [9.17, 15) is 9.59 Å². The number of hydrogen-bond acceptors (Lipinski definition) is 4. The number of ether oxygens (including phenoxy) is 2. The molecule has 22 heavy (non-hydrogen) atoms. The third-order valence-corrected chi connectivity index (χ3v) is 4.27. The van der Waals surface area contributed by atoms with Crippen LogP contribution >= 0.6 is 0 Å². The highest BCUT2D eigenvalue weighted by Crippen LogP contribution is 2.33. The molecule has 2 aliphatic rings. The van der Waals surface area contributed by atoms with Crippen LogP contribution in [0.5, 0.6) is 0 Å². The van der Waals surface area contributed by atoms with Crippen molar-refractivity contribution in [3.63, 3.8) is 0 Å². The molecule has 1 aliphatic carbocycles. The molecule has 2 atom stereocenters. The molecule has 0 aromatic carbocycles. The van der Waals surface area contributed by atoms with Crippen LogP contribution in [0.4, 0.5) is 4.79 Å². The summed E-state index contributed by atoms with van der Waals surface area (Å²) in [7, 11) is 1.60. The topological polar surface area (TPSA) is 67.9 Å².